The number of carboxylic acid groups (broad SMARTS) is 3. The van der Waals surface area contributed by atoms with Crippen LogP contribution in [-0.4, -0.2) is 258 Å². The number of aryl methyl sites for hydroxylation is 5. The summed E-state index contributed by atoms with van der Waals surface area (Å²) < 4.78 is 6.31. The van der Waals surface area contributed by atoms with Crippen LogP contribution >= 0.6 is 57.7 Å². The van der Waals surface area contributed by atoms with Gasteiger partial charge >= 0.3 is 23.9 Å². The number of β-amino-alcohol motifs (C(OH)–C–C–N with tert-alkyl or cyclic N) is 2. The van der Waals surface area contributed by atoms with Crippen molar-refractivity contribution in [3.05, 3.63) is 184 Å². The summed E-state index contributed by atoms with van der Waals surface area (Å²) in [6, 6.07) is 26.3. The Balaban J connectivity index is 0.000000136. The highest BCUT2D eigenvalue weighted by Crippen LogP contribution is 2.48. The number of anilines is 8. The van der Waals surface area contributed by atoms with Crippen molar-refractivity contribution in [3.8, 4) is 0 Å². The van der Waals surface area contributed by atoms with Gasteiger partial charge in [-0.3, -0.25) is 14.5 Å². The van der Waals surface area contributed by atoms with Gasteiger partial charge < -0.3 is 85.8 Å². The van der Waals surface area contributed by atoms with Crippen LogP contribution in [0, 0.1) is 101 Å². The average Bonchev–Trinajstić information content (AvgIpc) is 0.753. The number of ether oxygens (including phenoxy) is 1. The number of hydrogen-bond acceptors (Lipinski definition) is 28. The Labute approximate surface area is 859 Å². The van der Waals surface area contributed by atoms with Gasteiger partial charge in [-0.25, -0.2) is 29.5 Å². The minimum atomic E-state index is -1.07. The lowest BCUT2D eigenvalue weighted by Crippen LogP contribution is -2.61. The van der Waals surface area contributed by atoms with E-state index in [1.807, 2.05) is 90.1 Å². The molecular formula is C107H142Cl4N20O10S. The minimum absolute atomic E-state index is 0.0158. The van der Waals surface area contributed by atoms with E-state index >= 15 is 0 Å². The lowest BCUT2D eigenvalue weighted by atomic mass is 9.67. The Morgan fingerprint density at radius 1 is 0.458 bits per heavy atom. The third kappa shape index (κ3) is 25.0. The van der Waals surface area contributed by atoms with E-state index in [-0.39, 0.29) is 66.9 Å². The number of fused-ring (bicyclic) bond motifs is 1. The number of likely N-dealkylation sites (tertiary alicyclic amines) is 4. The number of halogens is 4. The fraction of sp³-hybridized carbons (Fsp3) is 0.570. The zero-order valence-corrected chi connectivity index (χ0v) is 87.9. The fourth-order valence-electron chi connectivity index (χ4n) is 22.5. The number of carboxylic acids is 3. The molecule has 30 nitrogen and oxygen atoms in total. The van der Waals surface area contributed by atoms with Crippen LogP contribution in [0.1, 0.15) is 219 Å². The van der Waals surface area contributed by atoms with Crippen molar-refractivity contribution in [1.82, 2.24) is 59.5 Å². The van der Waals surface area contributed by atoms with Gasteiger partial charge in [0.25, 0.3) is 0 Å². The van der Waals surface area contributed by atoms with Crippen molar-refractivity contribution in [3.63, 3.8) is 0 Å². The first-order chi connectivity index (χ1) is 68.1. The number of aromatic nitrogens is 8. The fourth-order valence-corrected chi connectivity index (χ4v) is 24.9. The molecule has 2 aliphatic carbocycles. The largest absolute Gasteiger partial charge is 0.481 e. The summed E-state index contributed by atoms with van der Waals surface area (Å²) in [6.45, 7) is 42.6. The summed E-state index contributed by atoms with van der Waals surface area (Å²) in [4.78, 5) is 103. The lowest BCUT2D eigenvalue weighted by Gasteiger charge is -2.55. The van der Waals surface area contributed by atoms with Gasteiger partial charge in [-0.05, 0) is 314 Å². The van der Waals surface area contributed by atoms with Crippen LogP contribution in [-0.2, 0) is 14.3 Å². The van der Waals surface area contributed by atoms with E-state index in [0.717, 1.165) is 243 Å². The molecule has 0 spiro atoms. The Kier molecular flexibility index (Phi) is 34.7. The van der Waals surface area contributed by atoms with Crippen molar-refractivity contribution in [2.75, 3.05) is 178 Å². The number of benzene rings is 4. The Morgan fingerprint density at radius 3 is 1.28 bits per heavy atom. The van der Waals surface area contributed by atoms with Gasteiger partial charge in [-0.15, -0.1) is 11.3 Å². The Morgan fingerprint density at radius 2 is 0.845 bits per heavy atom. The summed E-state index contributed by atoms with van der Waals surface area (Å²) in [5.74, 6) is 7.13. The zero-order chi connectivity index (χ0) is 101. The third-order valence-corrected chi connectivity index (χ3v) is 33.8. The molecule has 8 aliphatic heterocycles. The molecule has 8 unspecified atom stereocenters. The molecule has 8 saturated heterocycles. The number of thiophene rings is 1. The smallest absolute Gasteiger partial charge is 0.343 e. The molecule has 10 aliphatic rings. The average molecular weight is 2040 g/mol. The number of aromatic carboxylic acids is 1. The standard InChI is InChI=1S/C29H36ClN5O2S.C28H38ClN5O2.C26H36ClN5O3.C24H32ClN5O3/c1-17-6-7-22(23(30)11-17)18(2)31-26-25-24(8-10-38-25)32-28(33-26)34-14-21(15-34)19-5-4-9-35(16-19)29(3)12-20(13-29)27(36)37;1-16-7-8-24(25(29)10-16)19(4)30-26-17(2)18(3)31-28(32-26)34-14-22(15-34)20-6-5-9-33(13-20)23-11-21(12-23)27(35)36;1-4-35-25(34)22-13-28-26(30-24(22)29-18(3)21-8-7-17(2)12-23(21)27)32-15-20(16-32)19-6-5-9-31(14-19)10-11-33;1-15-5-6-19(21(25)10-15)16(2)27-22-20(23(32)33)11-26-24(28-22)30-13-18(14-30)17-4-3-7-29(12-17)8-9-31/h6-8,10-11,18-21H,4-5,9,12-16H2,1-3H3,(H,36,37)(H,31,32,33);7-8,10,19-23H,5-6,9,11-15H2,1-4H3,(H,35,36)(H,30,31,32);7-8,12-13,18-20,33H,4-6,9-11,14-16H2,1-3H3,(H,28,29,30);5-6,10-11,16-18,31H,3-4,7-9,12-14H2,1-2H3,(H,32,33)(H,26,27,28). The van der Waals surface area contributed by atoms with E-state index in [1.54, 1.807) is 24.5 Å². The van der Waals surface area contributed by atoms with E-state index < -0.39 is 23.9 Å². The molecule has 10 fully saturated rings. The molecule has 2 saturated carbocycles. The Bertz CT molecular complexity index is 5910. The van der Waals surface area contributed by atoms with Gasteiger partial charge in [-0.1, -0.05) is 94.9 Å². The SMILES string of the molecule is CCOC(=O)c1cnc(N2CC(C3CCCN(CCO)C3)C2)nc1NC(C)c1ccc(C)cc1Cl.Cc1ccc(C(C)Nc2nc(N3CC(C4CCCN(C5(C)CC(C(=O)O)C5)C4)C3)nc3ccsc23)c(Cl)c1.Cc1ccc(C(C)Nc2nc(N3CC(C4CCCN(C5CC(C(=O)O)C5)C4)C3)nc(C)c2C)c(Cl)c1.Cc1ccc(C(C)Nc2nc(N3CC(C4CCCN(CCO)C4)C3)ncc2C(=O)O)c(Cl)c1. The number of aliphatic carboxylic acids is 2. The topological polar surface area (TPSA) is 356 Å². The molecule has 0 radical (unpaired) electrons. The highest BCUT2D eigenvalue weighted by atomic mass is 35.5. The van der Waals surface area contributed by atoms with E-state index in [4.69, 9.17) is 76.1 Å². The number of aliphatic hydroxyl groups excluding tert-OH is 2. The van der Waals surface area contributed by atoms with Crippen LogP contribution in [0.25, 0.3) is 10.2 Å². The van der Waals surface area contributed by atoms with E-state index in [0.29, 0.717) is 92.5 Å². The quantitative estimate of drug-likeness (QED) is 0.0182. The van der Waals surface area contributed by atoms with Crippen LogP contribution in [0.4, 0.5) is 47.1 Å². The number of rotatable bonds is 31. The number of esters is 1. The van der Waals surface area contributed by atoms with Gasteiger partial charge in [0.05, 0.1) is 66.0 Å². The maximum absolute atomic E-state index is 12.6. The second-order valence-electron chi connectivity index (χ2n) is 41.9. The van der Waals surface area contributed by atoms with Crippen LogP contribution < -0.4 is 40.9 Å². The molecule has 19 rings (SSSR count). The number of nitrogens with zero attached hydrogens (tertiary/aromatic N) is 16. The highest BCUT2D eigenvalue weighted by Gasteiger charge is 2.51. The number of hydrogen-bond donors (Lipinski definition) is 9. The van der Waals surface area contributed by atoms with E-state index in [2.05, 4.69) is 146 Å². The van der Waals surface area contributed by atoms with Crippen LogP contribution in [0.2, 0.25) is 20.1 Å². The summed E-state index contributed by atoms with van der Waals surface area (Å²) in [5.41, 5.74) is 11.8. The number of aliphatic hydroxyl groups is 2. The Hall–Kier alpha value is -9.64. The molecular weight excluding hydrogens is 1900 g/mol. The number of carbonyl (C=O) groups is 4. The molecule has 9 aromatic rings. The summed E-state index contributed by atoms with van der Waals surface area (Å²) in [5, 5.41) is 65.4. The van der Waals surface area contributed by atoms with Crippen LogP contribution in [0.15, 0.2) is 96.6 Å². The van der Waals surface area contributed by atoms with Crippen molar-refractivity contribution >= 4 is 139 Å². The first-order valence-corrected chi connectivity index (χ1v) is 53.5. The molecule has 8 atom stereocenters. The van der Waals surface area contributed by atoms with E-state index in [1.165, 1.54) is 57.6 Å². The molecule has 142 heavy (non-hydrogen) atoms. The second-order valence-corrected chi connectivity index (χ2v) is 44.4. The number of nitrogens with one attached hydrogen (secondary N) is 4. The van der Waals surface area contributed by atoms with Gasteiger partial charge in [0.2, 0.25) is 23.8 Å². The van der Waals surface area contributed by atoms with Gasteiger partial charge in [0, 0.05) is 147 Å². The van der Waals surface area contributed by atoms with Crippen molar-refractivity contribution in [2.24, 2.45) is 59.2 Å². The van der Waals surface area contributed by atoms with Crippen molar-refractivity contribution < 1.29 is 49.4 Å². The predicted octanol–water partition coefficient (Wildman–Crippen LogP) is 18.8. The second kappa shape index (κ2) is 46.8. The highest BCUT2D eigenvalue weighted by molar-refractivity contribution is 7.17. The first-order valence-electron chi connectivity index (χ1n) is 51.1. The molecule has 764 valence electrons. The van der Waals surface area contributed by atoms with Crippen LogP contribution in [0.3, 0.4) is 0 Å². The van der Waals surface area contributed by atoms with Gasteiger partial charge in [0.1, 0.15) is 34.4 Å². The molecule has 35 heteroatoms. The summed E-state index contributed by atoms with van der Waals surface area (Å²) in [7, 11) is 0. The number of carbonyl (C=O) groups excluding carboxylic acids is 1. The maximum atomic E-state index is 12.6. The molecule has 4 aromatic carbocycles. The summed E-state index contributed by atoms with van der Waals surface area (Å²) >= 11 is 27.6. The van der Waals surface area contributed by atoms with E-state index in [9.17, 15) is 44.7 Å². The molecule has 0 amide bonds. The van der Waals surface area contributed by atoms with Crippen molar-refractivity contribution in [1.29, 1.82) is 0 Å². The van der Waals surface area contributed by atoms with Gasteiger partial charge in [-0.2, -0.15) is 19.9 Å². The monoisotopic (exact) mass is 2040 g/mol. The molecule has 0 bridgehead atoms. The van der Waals surface area contributed by atoms with Gasteiger partial charge in [0.15, 0.2) is 0 Å². The van der Waals surface area contributed by atoms with Crippen molar-refractivity contribution in [2.45, 2.75) is 196 Å². The molecule has 5 aromatic heterocycles. The lowest BCUT2D eigenvalue weighted by molar-refractivity contribution is -0.152. The molecule has 13 heterocycles. The maximum Gasteiger partial charge on any atom is 0.343 e. The van der Waals surface area contributed by atoms with Crippen LogP contribution in [0.5, 0.6) is 0 Å². The minimum Gasteiger partial charge on any atom is -0.481 e. The molecule has 9 N–H and O–H groups in total. The third-order valence-electron chi connectivity index (χ3n) is 31.6. The number of piperidine rings is 4. The normalized spacial score (nSPS) is 23.4. The first kappa shape index (κ1) is 105. The summed E-state index contributed by atoms with van der Waals surface area (Å²) in [6.07, 6.45) is 15.8. The predicted molar refractivity (Wildman–Crippen MR) is 566 cm³/mol. The zero-order valence-electron chi connectivity index (χ0n) is 84.1.